The second kappa shape index (κ2) is 6.05. The van der Waals surface area contributed by atoms with Gasteiger partial charge in [-0.05, 0) is 30.5 Å². The number of hydrogen-bond acceptors (Lipinski definition) is 3. The van der Waals surface area contributed by atoms with Crippen molar-refractivity contribution >= 4 is 17.5 Å². The first-order valence-corrected chi connectivity index (χ1v) is 6.74. The zero-order valence-corrected chi connectivity index (χ0v) is 11.9. The third-order valence-electron chi connectivity index (χ3n) is 3.53. The molecule has 1 saturated carbocycles. The van der Waals surface area contributed by atoms with E-state index in [1.165, 1.54) is 6.92 Å². The highest BCUT2D eigenvalue weighted by atomic mass is 16.5. The molecule has 5 nitrogen and oxygen atoms in total. The lowest BCUT2D eigenvalue weighted by Crippen LogP contribution is -2.36. The van der Waals surface area contributed by atoms with E-state index in [-0.39, 0.29) is 17.2 Å². The van der Waals surface area contributed by atoms with Crippen molar-refractivity contribution in [2.45, 2.75) is 25.2 Å². The fourth-order valence-corrected chi connectivity index (χ4v) is 2.28. The molecule has 0 heterocycles. The summed E-state index contributed by atoms with van der Waals surface area (Å²) in [6, 6.07) is 7.49. The van der Waals surface area contributed by atoms with Crippen LogP contribution in [0.25, 0.3) is 0 Å². The predicted molar refractivity (Wildman–Crippen MR) is 76.5 cm³/mol. The number of hydrogen-bond donors (Lipinski definition) is 2. The van der Waals surface area contributed by atoms with E-state index in [4.69, 9.17) is 4.74 Å². The summed E-state index contributed by atoms with van der Waals surface area (Å²) in [6.07, 6.45) is 1.73. The lowest BCUT2D eigenvalue weighted by molar-refractivity contribution is -0.123. The van der Waals surface area contributed by atoms with Crippen LogP contribution in [0.2, 0.25) is 0 Å². The Kier molecular flexibility index (Phi) is 4.39. The summed E-state index contributed by atoms with van der Waals surface area (Å²) in [4.78, 5) is 23.2. The summed E-state index contributed by atoms with van der Waals surface area (Å²) < 4.78 is 4.93. The van der Waals surface area contributed by atoms with E-state index in [0.717, 1.165) is 24.1 Å². The average molecular weight is 276 g/mol. The van der Waals surface area contributed by atoms with Gasteiger partial charge in [-0.3, -0.25) is 9.59 Å². The Bertz CT molecular complexity index is 492. The van der Waals surface area contributed by atoms with Crippen molar-refractivity contribution in [2.75, 3.05) is 25.6 Å². The van der Waals surface area contributed by atoms with E-state index in [1.54, 1.807) is 7.11 Å². The zero-order valence-electron chi connectivity index (χ0n) is 11.9. The number of carbonyl (C=O) groups excluding carboxylic acids is 2. The summed E-state index contributed by atoms with van der Waals surface area (Å²) in [6.45, 7) is 2.52. The van der Waals surface area contributed by atoms with Crippen molar-refractivity contribution in [3.63, 3.8) is 0 Å². The van der Waals surface area contributed by atoms with Crippen LogP contribution in [-0.2, 0) is 19.7 Å². The quantitative estimate of drug-likeness (QED) is 0.773. The van der Waals surface area contributed by atoms with Crippen molar-refractivity contribution in [3.05, 3.63) is 29.8 Å². The van der Waals surface area contributed by atoms with Crippen LogP contribution in [-0.4, -0.2) is 32.1 Å². The van der Waals surface area contributed by atoms with E-state index < -0.39 is 0 Å². The highest BCUT2D eigenvalue weighted by Crippen LogP contribution is 2.48. The minimum absolute atomic E-state index is 0.0572. The first kappa shape index (κ1) is 14.5. The van der Waals surface area contributed by atoms with Gasteiger partial charge in [0.15, 0.2) is 0 Å². The van der Waals surface area contributed by atoms with Crippen molar-refractivity contribution < 1.29 is 14.3 Å². The minimum Gasteiger partial charge on any atom is -0.383 e. The van der Waals surface area contributed by atoms with Crippen LogP contribution in [0.3, 0.4) is 0 Å². The number of ether oxygens (including phenoxy) is 1. The van der Waals surface area contributed by atoms with Crippen molar-refractivity contribution in [1.82, 2.24) is 5.32 Å². The van der Waals surface area contributed by atoms with Gasteiger partial charge in [-0.1, -0.05) is 12.1 Å². The Morgan fingerprint density at radius 2 is 1.90 bits per heavy atom. The average Bonchev–Trinajstić information content (AvgIpc) is 3.20. The monoisotopic (exact) mass is 276 g/mol. The van der Waals surface area contributed by atoms with Gasteiger partial charge in [0, 0.05) is 26.3 Å². The number of carbonyl (C=O) groups is 2. The van der Waals surface area contributed by atoms with Crippen molar-refractivity contribution in [1.29, 1.82) is 0 Å². The van der Waals surface area contributed by atoms with Crippen LogP contribution < -0.4 is 10.6 Å². The lowest BCUT2D eigenvalue weighted by atomic mass is 9.94. The number of benzene rings is 1. The molecule has 0 aliphatic heterocycles. The Balaban J connectivity index is 2.02. The van der Waals surface area contributed by atoms with E-state index in [2.05, 4.69) is 10.6 Å². The Morgan fingerprint density at radius 3 is 2.40 bits per heavy atom. The molecule has 20 heavy (non-hydrogen) atoms. The largest absolute Gasteiger partial charge is 0.383 e. The van der Waals surface area contributed by atoms with Gasteiger partial charge in [0.1, 0.15) is 0 Å². The number of rotatable bonds is 6. The summed E-state index contributed by atoms with van der Waals surface area (Å²) in [5, 5.41) is 5.62. The third-order valence-corrected chi connectivity index (χ3v) is 3.53. The van der Waals surface area contributed by atoms with E-state index in [1.807, 2.05) is 24.3 Å². The summed E-state index contributed by atoms with van der Waals surface area (Å²) in [5.74, 6) is -0.0435. The minimum atomic E-state index is -0.386. The van der Waals surface area contributed by atoms with Gasteiger partial charge in [-0.2, -0.15) is 0 Å². The summed E-state index contributed by atoms with van der Waals surface area (Å²) in [5.41, 5.74) is 1.36. The van der Waals surface area contributed by atoms with Crippen LogP contribution in [0.4, 0.5) is 5.69 Å². The number of anilines is 1. The molecule has 0 atom stereocenters. The number of methoxy groups -OCH3 is 1. The van der Waals surface area contributed by atoms with Gasteiger partial charge in [0.05, 0.1) is 12.0 Å². The second-order valence-corrected chi connectivity index (χ2v) is 5.09. The molecule has 1 aliphatic rings. The highest BCUT2D eigenvalue weighted by molar-refractivity contribution is 5.92. The normalized spacial score (nSPS) is 15.5. The fourth-order valence-electron chi connectivity index (χ4n) is 2.28. The maximum absolute atomic E-state index is 12.2. The predicted octanol–water partition coefficient (Wildman–Crippen LogP) is 1.44. The molecule has 0 aromatic heterocycles. The molecule has 1 aromatic carbocycles. The van der Waals surface area contributed by atoms with E-state index >= 15 is 0 Å². The van der Waals surface area contributed by atoms with Gasteiger partial charge in [0.25, 0.3) is 0 Å². The van der Waals surface area contributed by atoms with Crippen LogP contribution >= 0.6 is 0 Å². The van der Waals surface area contributed by atoms with Gasteiger partial charge in [0.2, 0.25) is 11.8 Å². The molecular weight excluding hydrogens is 256 g/mol. The van der Waals surface area contributed by atoms with Crippen LogP contribution in [0.1, 0.15) is 25.3 Å². The maximum atomic E-state index is 12.2. The Morgan fingerprint density at radius 1 is 1.25 bits per heavy atom. The van der Waals surface area contributed by atoms with Crippen LogP contribution in [0.5, 0.6) is 0 Å². The lowest BCUT2D eigenvalue weighted by Gasteiger charge is -2.16. The molecule has 0 radical (unpaired) electrons. The molecule has 108 valence electrons. The van der Waals surface area contributed by atoms with Gasteiger partial charge in [-0.15, -0.1) is 0 Å². The van der Waals surface area contributed by atoms with Crippen molar-refractivity contribution in [2.24, 2.45) is 0 Å². The van der Waals surface area contributed by atoms with E-state index in [0.29, 0.717) is 13.2 Å². The summed E-state index contributed by atoms with van der Waals surface area (Å²) in [7, 11) is 1.61. The molecule has 0 spiro atoms. The van der Waals surface area contributed by atoms with Gasteiger partial charge in [-0.25, -0.2) is 0 Å². The Labute approximate surface area is 118 Å². The van der Waals surface area contributed by atoms with Crippen molar-refractivity contribution in [3.8, 4) is 0 Å². The molecule has 1 fully saturated rings. The zero-order chi connectivity index (χ0) is 14.6. The number of nitrogens with one attached hydrogen (secondary N) is 2. The molecule has 0 unspecified atom stereocenters. The molecule has 1 aliphatic carbocycles. The first-order chi connectivity index (χ1) is 9.58. The molecule has 2 amide bonds. The summed E-state index contributed by atoms with van der Waals surface area (Å²) >= 11 is 0. The molecule has 1 aromatic rings. The Hall–Kier alpha value is -1.88. The van der Waals surface area contributed by atoms with Gasteiger partial charge < -0.3 is 15.4 Å². The third kappa shape index (κ3) is 3.17. The number of amides is 2. The molecule has 2 N–H and O–H groups in total. The molecule has 0 bridgehead atoms. The van der Waals surface area contributed by atoms with Crippen LogP contribution in [0.15, 0.2) is 24.3 Å². The SMILES string of the molecule is COCCNC(=O)C1(c2ccc(NC(C)=O)cc2)CC1. The van der Waals surface area contributed by atoms with E-state index in [9.17, 15) is 9.59 Å². The molecule has 5 heteroatoms. The second-order valence-electron chi connectivity index (χ2n) is 5.09. The smallest absolute Gasteiger partial charge is 0.230 e. The van der Waals surface area contributed by atoms with Crippen LogP contribution in [0, 0.1) is 0 Å². The fraction of sp³-hybridized carbons (Fsp3) is 0.467. The van der Waals surface area contributed by atoms with Gasteiger partial charge >= 0.3 is 0 Å². The topological polar surface area (TPSA) is 67.4 Å². The maximum Gasteiger partial charge on any atom is 0.230 e. The molecule has 0 saturated heterocycles. The highest BCUT2D eigenvalue weighted by Gasteiger charge is 2.50. The molecular formula is C15H20N2O3. The molecule has 2 rings (SSSR count). The first-order valence-electron chi connectivity index (χ1n) is 6.74. The standard InChI is InChI=1S/C15H20N2O3/c1-11(18)17-13-5-3-12(4-6-13)15(7-8-15)14(19)16-9-10-20-2/h3-6H,7-10H2,1-2H3,(H,16,19)(H,17,18).